The molecule has 0 bridgehead atoms. The molecule has 0 spiro atoms. The largest absolute Gasteiger partial charge is 0.445 e. The molecule has 0 aliphatic rings. The van der Waals surface area contributed by atoms with E-state index in [4.69, 9.17) is 10.00 Å². The molecule has 1 heterocycles. The smallest absolute Gasteiger partial charge is 0.409 e. The number of nitrogens with zero attached hydrogens (tertiary/aromatic N) is 3. The molecule has 5 heteroatoms. The Hall–Kier alpha value is -2.09. The van der Waals surface area contributed by atoms with Crippen LogP contribution < -0.4 is 0 Å². The van der Waals surface area contributed by atoms with Crippen LogP contribution in [0.2, 0.25) is 0 Å². The summed E-state index contributed by atoms with van der Waals surface area (Å²) in [6.45, 7) is 0.601. The zero-order valence-corrected chi connectivity index (χ0v) is 9.09. The van der Waals surface area contributed by atoms with Crippen LogP contribution in [0.1, 0.15) is 12.0 Å². The average Bonchev–Trinajstić information content (AvgIpc) is 2.34. The van der Waals surface area contributed by atoms with Crippen molar-refractivity contribution in [2.75, 3.05) is 13.6 Å². The number of rotatable bonds is 4. The minimum Gasteiger partial charge on any atom is -0.445 e. The number of aromatic nitrogens is 1. The van der Waals surface area contributed by atoms with Crippen molar-refractivity contribution in [2.24, 2.45) is 0 Å². The molecule has 1 amide bonds. The van der Waals surface area contributed by atoms with Crippen LogP contribution in [0.15, 0.2) is 24.5 Å². The molecule has 0 atom stereocenters. The summed E-state index contributed by atoms with van der Waals surface area (Å²) in [5.74, 6) is 0. The van der Waals surface area contributed by atoms with Crippen molar-refractivity contribution >= 4 is 6.09 Å². The molecule has 0 saturated carbocycles. The summed E-state index contributed by atoms with van der Waals surface area (Å²) in [5, 5.41) is 8.37. The average molecular weight is 219 g/mol. The second-order valence-corrected chi connectivity index (χ2v) is 3.24. The van der Waals surface area contributed by atoms with Crippen molar-refractivity contribution in [3.8, 4) is 6.07 Å². The van der Waals surface area contributed by atoms with Crippen molar-refractivity contribution in [1.82, 2.24) is 9.88 Å². The van der Waals surface area contributed by atoms with Gasteiger partial charge in [0.15, 0.2) is 0 Å². The van der Waals surface area contributed by atoms with E-state index >= 15 is 0 Å². The number of amides is 1. The Morgan fingerprint density at radius 2 is 2.25 bits per heavy atom. The van der Waals surface area contributed by atoms with Crippen LogP contribution in [0, 0.1) is 11.3 Å². The van der Waals surface area contributed by atoms with E-state index in [9.17, 15) is 4.79 Å². The molecule has 0 fully saturated rings. The Kier molecular flexibility index (Phi) is 4.80. The summed E-state index contributed by atoms with van der Waals surface area (Å²) in [4.78, 5) is 16.6. The summed E-state index contributed by atoms with van der Waals surface area (Å²) >= 11 is 0. The van der Waals surface area contributed by atoms with Crippen molar-refractivity contribution in [2.45, 2.75) is 13.0 Å². The number of nitriles is 1. The van der Waals surface area contributed by atoms with E-state index in [1.807, 2.05) is 6.07 Å². The Labute approximate surface area is 94.3 Å². The number of hydrogen-bond donors (Lipinski definition) is 0. The van der Waals surface area contributed by atoms with Gasteiger partial charge in [-0.05, 0) is 17.7 Å². The lowest BCUT2D eigenvalue weighted by Crippen LogP contribution is -2.28. The molecule has 0 N–H and O–H groups in total. The van der Waals surface area contributed by atoms with Gasteiger partial charge in [-0.1, -0.05) is 0 Å². The van der Waals surface area contributed by atoms with Crippen LogP contribution >= 0.6 is 0 Å². The van der Waals surface area contributed by atoms with Gasteiger partial charge in [-0.2, -0.15) is 5.26 Å². The van der Waals surface area contributed by atoms with Gasteiger partial charge in [0.1, 0.15) is 6.61 Å². The quantitative estimate of drug-likeness (QED) is 0.770. The van der Waals surface area contributed by atoms with Crippen LogP contribution in [0.25, 0.3) is 0 Å². The van der Waals surface area contributed by atoms with E-state index < -0.39 is 6.09 Å². The molecule has 0 aromatic carbocycles. The van der Waals surface area contributed by atoms with Crippen LogP contribution in [0.5, 0.6) is 0 Å². The molecule has 0 aliphatic carbocycles. The third-order valence-electron chi connectivity index (χ3n) is 1.98. The molecule has 0 aliphatic heterocycles. The first-order valence-corrected chi connectivity index (χ1v) is 4.88. The van der Waals surface area contributed by atoms with Crippen LogP contribution in [0.3, 0.4) is 0 Å². The SMILES string of the molecule is CN(CCC#N)C(=O)OCc1ccncc1. The summed E-state index contributed by atoms with van der Waals surface area (Å²) in [5.41, 5.74) is 0.886. The summed E-state index contributed by atoms with van der Waals surface area (Å²) in [6, 6.07) is 5.53. The molecular weight excluding hydrogens is 206 g/mol. The Morgan fingerprint density at radius 1 is 1.56 bits per heavy atom. The highest BCUT2D eigenvalue weighted by Gasteiger charge is 2.08. The van der Waals surface area contributed by atoms with Crippen molar-refractivity contribution in [1.29, 1.82) is 5.26 Å². The zero-order chi connectivity index (χ0) is 11.8. The lowest BCUT2D eigenvalue weighted by atomic mass is 10.3. The normalized spacial score (nSPS) is 9.25. The summed E-state index contributed by atoms with van der Waals surface area (Å²) < 4.78 is 5.04. The molecular formula is C11H13N3O2. The van der Waals surface area contributed by atoms with Gasteiger partial charge in [-0.3, -0.25) is 4.98 Å². The molecule has 1 rings (SSSR count). The van der Waals surface area contributed by atoms with Crippen LogP contribution in [-0.2, 0) is 11.3 Å². The number of hydrogen-bond acceptors (Lipinski definition) is 4. The van der Waals surface area contributed by atoms with Gasteiger partial charge in [0.25, 0.3) is 0 Å². The Morgan fingerprint density at radius 3 is 2.88 bits per heavy atom. The number of pyridine rings is 1. The number of carbonyl (C=O) groups excluding carboxylic acids is 1. The summed E-state index contributed by atoms with van der Waals surface area (Å²) in [7, 11) is 1.60. The van der Waals surface area contributed by atoms with E-state index in [1.165, 1.54) is 4.90 Å². The van der Waals surface area contributed by atoms with Gasteiger partial charge in [-0.25, -0.2) is 4.79 Å². The minimum absolute atomic E-state index is 0.220. The van der Waals surface area contributed by atoms with Gasteiger partial charge in [-0.15, -0.1) is 0 Å². The maximum Gasteiger partial charge on any atom is 0.409 e. The Balaban J connectivity index is 2.33. The van der Waals surface area contributed by atoms with E-state index in [2.05, 4.69) is 4.98 Å². The standard InChI is InChI=1S/C11H13N3O2/c1-14(8-2-5-12)11(15)16-9-10-3-6-13-7-4-10/h3-4,6-7H,2,8-9H2,1H3. The molecule has 0 radical (unpaired) electrons. The topological polar surface area (TPSA) is 66.2 Å². The molecule has 16 heavy (non-hydrogen) atoms. The molecule has 1 aromatic rings. The Bertz CT molecular complexity index is 373. The van der Waals surface area contributed by atoms with E-state index in [0.29, 0.717) is 13.0 Å². The molecule has 1 aromatic heterocycles. The molecule has 0 unspecified atom stereocenters. The monoisotopic (exact) mass is 219 g/mol. The highest BCUT2D eigenvalue weighted by Crippen LogP contribution is 2.01. The van der Waals surface area contributed by atoms with E-state index in [-0.39, 0.29) is 6.61 Å². The summed E-state index contributed by atoms with van der Waals surface area (Å²) in [6.07, 6.45) is 3.17. The van der Waals surface area contributed by atoms with Gasteiger partial charge in [0.05, 0.1) is 12.5 Å². The highest BCUT2D eigenvalue weighted by molar-refractivity contribution is 5.67. The second kappa shape index (κ2) is 6.40. The fourth-order valence-corrected chi connectivity index (χ4v) is 1.04. The van der Waals surface area contributed by atoms with E-state index in [1.54, 1.807) is 31.6 Å². The van der Waals surface area contributed by atoms with Gasteiger partial charge >= 0.3 is 6.09 Å². The first-order chi connectivity index (χ1) is 7.74. The van der Waals surface area contributed by atoms with Crippen molar-refractivity contribution in [3.63, 3.8) is 0 Å². The maximum absolute atomic E-state index is 11.4. The second-order valence-electron chi connectivity index (χ2n) is 3.24. The maximum atomic E-state index is 11.4. The molecule has 0 saturated heterocycles. The van der Waals surface area contributed by atoms with Crippen molar-refractivity contribution in [3.05, 3.63) is 30.1 Å². The third-order valence-corrected chi connectivity index (χ3v) is 1.98. The lowest BCUT2D eigenvalue weighted by Gasteiger charge is -2.15. The first kappa shape index (κ1) is 12.0. The first-order valence-electron chi connectivity index (χ1n) is 4.88. The third kappa shape index (κ3) is 3.96. The van der Waals surface area contributed by atoms with E-state index in [0.717, 1.165) is 5.56 Å². The fraction of sp³-hybridized carbons (Fsp3) is 0.364. The number of carbonyl (C=O) groups is 1. The van der Waals surface area contributed by atoms with Crippen LogP contribution in [-0.4, -0.2) is 29.6 Å². The highest BCUT2D eigenvalue weighted by atomic mass is 16.6. The predicted octanol–water partition coefficient (Wildman–Crippen LogP) is 1.56. The van der Waals surface area contributed by atoms with Crippen LogP contribution in [0.4, 0.5) is 4.79 Å². The van der Waals surface area contributed by atoms with Gasteiger partial charge < -0.3 is 9.64 Å². The zero-order valence-electron chi connectivity index (χ0n) is 9.09. The lowest BCUT2D eigenvalue weighted by molar-refractivity contribution is 0.105. The molecule has 5 nitrogen and oxygen atoms in total. The minimum atomic E-state index is -0.424. The number of ether oxygens (including phenoxy) is 1. The van der Waals surface area contributed by atoms with Gasteiger partial charge in [0.2, 0.25) is 0 Å². The van der Waals surface area contributed by atoms with Gasteiger partial charge in [0, 0.05) is 26.0 Å². The van der Waals surface area contributed by atoms with Crippen molar-refractivity contribution < 1.29 is 9.53 Å². The predicted molar refractivity (Wildman–Crippen MR) is 57.3 cm³/mol. The molecule has 84 valence electrons. The fourth-order valence-electron chi connectivity index (χ4n) is 1.04.